The maximum Gasteiger partial charge on any atom is 0.0755 e. The fourth-order valence-electron chi connectivity index (χ4n) is 1.23. The van der Waals surface area contributed by atoms with E-state index in [1.54, 1.807) is 17.6 Å². The minimum absolute atomic E-state index is 0.758. The normalized spacial score (nSPS) is 15.1. The molecule has 1 rings (SSSR count). The molecule has 0 aliphatic heterocycles. The number of rotatable bonds is 3. The zero-order valence-electron chi connectivity index (χ0n) is 9.43. The molecule has 0 aliphatic carbocycles. The van der Waals surface area contributed by atoms with Crippen molar-refractivity contribution in [2.45, 2.75) is 18.7 Å². The van der Waals surface area contributed by atoms with E-state index >= 15 is 0 Å². The molecule has 2 nitrogen and oxygen atoms in total. The Labute approximate surface area is 92.4 Å². The van der Waals surface area contributed by atoms with Crippen molar-refractivity contribution in [2.24, 2.45) is 0 Å². The van der Waals surface area contributed by atoms with E-state index in [1.807, 2.05) is 44.2 Å². The van der Waals surface area contributed by atoms with Crippen LogP contribution in [0.5, 0.6) is 0 Å². The smallest absolute Gasteiger partial charge is 0.0755 e. The van der Waals surface area contributed by atoms with Gasteiger partial charge < -0.3 is 4.31 Å². The van der Waals surface area contributed by atoms with E-state index in [9.17, 15) is 4.21 Å². The Bertz CT molecular complexity index is 443. The predicted octanol–water partition coefficient (Wildman–Crippen LogP) is 2.45. The molecular formula is C12H17NOS. The van der Waals surface area contributed by atoms with Gasteiger partial charge in [-0.1, -0.05) is 23.8 Å². The molecule has 0 saturated carbocycles. The molecular weight excluding hydrogens is 206 g/mol. The second-order valence-electron chi connectivity index (χ2n) is 3.48. The molecule has 0 saturated heterocycles. The van der Waals surface area contributed by atoms with E-state index in [1.165, 1.54) is 0 Å². The Morgan fingerprint density at radius 3 is 2.33 bits per heavy atom. The minimum Gasteiger partial charge on any atom is -0.306 e. The molecule has 0 bridgehead atoms. The fourth-order valence-corrected chi connectivity index (χ4v) is 2.44. The van der Waals surface area contributed by atoms with Gasteiger partial charge in [-0.05, 0) is 31.9 Å². The van der Waals surface area contributed by atoms with Crippen molar-refractivity contribution >= 4 is 15.6 Å². The van der Waals surface area contributed by atoms with Gasteiger partial charge in [0.05, 0.1) is 9.71 Å². The van der Waals surface area contributed by atoms with Gasteiger partial charge in [-0.25, -0.2) is 4.21 Å². The Morgan fingerprint density at radius 2 is 1.87 bits per heavy atom. The average Bonchev–Trinajstić information content (AvgIpc) is 2.18. The summed E-state index contributed by atoms with van der Waals surface area (Å²) in [7, 11) is -0.598. The monoisotopic (exact) mass is 223 g/mol. The highest BCUT2D eigenvalue weighted by Gasteiger charge is 2.09. The van der Waals surface area contributed by atoms with Crippen molar-refractivity contribution in [3.05, 3.63) is 42.1 Å². The topological polar surface area (TPSA) is 20.3 Å². The molecule has 82 valence electrons. The van der Waals surface area contributed by atoms with E-state index in [4.69, 9.17) is 0 Å². The summed E-state index contributed by atoms with van der Waals surface area (Å²) < 4.78 is 14.0. The van der Waals surface area contributed by atoms with Gasteiger partial charge in [-0.3, -0.25) is 0 Å². The van der Waals surface area contributed by atoms with Gasteiger partial charge >= 0.3 is 0 Å². The van der Waals surface area contributed by atoms with Gasteiger partial charge in [0.1, 0.15) is 0 Å². The molecule has 0 aliphatic rings. The number of benzene rings is 1. The number of hydrogen-bond donors (Lipinski definition) is 0. The van der Waals surface area contributed by atoms with Crippen molar-refractivity contribution in [3.8, 4) is 0 Å². The summed E-state index contributed by atoms with van der Waals surface area (Å²) in [6, 6.07) is 7.63. The molecule has 1 aromatic rings. The summed E-state index contributed by atoms with van der Waals surface area (Å²) in [5.41, 5.74) is 1.16. The standard InChI is InChI=1S/C12H17NOS/c1-5-10-13(3)15(4,14)12-8-6-11(2)7-9-12/h5-10H,4H2,1-3H3. The highest BCUT2D eigenvalue weighted by molar-refractivity contribution is 7.98. The van der Waals surface area contributed by atoms with Crippen LogP contribution in [-0.2, 0) is 9.71 Å². The lowest BCUT2D eigenvalue weighted by Crippen LogP contribution is -2.21. The molecule has 15 heavy (non-hydrogen) atoms. The van der Waals surface area contributed by atoms with Gasteiger partial charge in [-0.15, -0.1) is 0 Å². The first-order chi connectivity index (χ1) is 6.98. The van der Waals surface area contributed by atoms with E-state index in [2.05, 4.69) is 5.87 Å². The largest absolute Gasteiger partial charge is 0.306 e. The van der Waals surface area contributed by atoms with Crippen LogP contribution in [0.15, 0.2) is 41.4 Å². The second-order valence-corrected chi connectivity index (χ2v) is 5.81. The highest BCUT2D eigenvalue weighted by atomic mass is 32.2. The van der Waals surface area contributed by atoms with Crippen molar-refractivity contribution in [3.63, 3.8) is 0 Å². The maximum absolute atomic E-state index is 12.4. The predicted molar refractivity (Wildman–Crippen MR) is 67.3 cm³/mol. The lowest BCUT2D eigenvalue weighted by atomic mass is 10.2. The van der Waals surface area contributed by atoms with Crippen LogP contribution in [0, 0.1) is 6.92 Å². The molecule has 1 unspecified atom stereocenters. The summed E-state index contributed by atoms with van der Waals surface area (Å²) in [4.78, 5) is 0.758. The molecule has 3 heteroatoms. The maximum atomic E-state index is 12.4. The molecule has 0 aromatic heterocycles. The Balaban J connectivity index is 3.11. The molecule has 0 radical (unpaired) electrons. The van der Waals surface area contributed by atoms with Crippen LogP contribution in [0.25, 0.3) is 0 Å². The lowest BCUT2D eigenvalue weighted by Gasteiger charge is -2.20. The third-order valence-electron chi connectivity index (χ3n) is 2.21. The SMILES string of the molecule is C=S(=O)(c1ccc(C)cc1)N(C)C=CC. The molecule has 1 atom stereocenters. The van der Waals surface area contributed by atoms with Gasteiger partial charge in [0, 0.05) is 18.1 Å². The van der Waals surface area contributed by atoms with E-state index < -0.39 is 9.71 Å². The molecule has 0 N–H and O–H groups in total. The summed E-state index contributed by atoms with van der Waals surface area (Å²) in [6.45, 7) is 3.89. The van der Waals surface area contributed by atoms with E-state index in [0.29, 0.717) is 0 Å². The number of aryl methyl sites for hydroxylation is 1. The summed E-state index contributed by atoms with van der Waals surface area (Å²) in [5.74, 6) is 3.79. The summed E-state index contributed by atoms with van der Waals surface area (Å²) in [6.07, 6.45) is 3.62. The first-order valence-electron chi connectivity index (χ1n) is 4.78. The fraction of sp³-hybridized carbons (Fsp3) is 0.250. The van der Waals surface area contributed by atoms with Crippen LogP contribution in [-0.4, -0.2) is 21.4 Å². The van der Waals surface area contributed by atoms with Gasteiger partial charge in [0.15, 0.2) is 0 Å². The van der Waals surface area contributed by atoms with Crippen LogP contribution in [0.4, 0.5) is 0 Å². The molecule has 0 spiro atoms. The lowest BCUT2D eigenvalue weighted by molar-refractivity contribution is 0.625. The van der Waals surface area contributed by atoms with E-state index in [-0.39, 0.29) is 0 Å². The molecule has 0 heterocycles. The minimum atomic E-state index is -2.37. The van der Waals surface area contributed by atoms with Crippen LogP contribution in [0.1, 0.15) is 12.5 Å². The zero-order chi connectivity index (χ0) is 11.5. The van der Waals surface area contributed by atoms with Crippen LogP contribution in [0.2, 0.25) is 0 Å². The van der Waals surface area contributed by atoms with Crippen LogP contribution in [0.3, 0.4) is 0 Å². The van der Waals surface area contributed by atoms with Crippen LogP contribution < -0.4 is 0 Å². The van der Waals surface area contributed by atoms with Gasteiger partial charge in [0.2, 0.25) is 0 Å². The third kappa shape index (κ3) is 2.63. The molecule has 1 aromatic carbocycles. The quantitative estimate of drug-likeness (QED) is 0.721. The Hall–Kier alpha value is -1.22. The van der Waals surface area contributed by atoms with E-state index in [0.717, 1.165) is 10.5 Å². The van der Waals surface area contributed by atoms with Gasteiger partial charge in [0.25, 0.3) is 0 Å². The Morgan fingerprint density at radius 1 is 1.33 bits per heavy atom. The zero-order valence-corrected chi connectivity index (χ0v) is 10.3. The number of nitrogens with zero attached hydrogens (tertiary/aromatic N) is 1. The second kappa shape index (κ2) is 4.53. The average molecular weight is 223 g/mol. The number of allylic oxidation sites excluding steroid dienone is 1. The third-order valence-corrected chi connectivity index (χ3v) is 4.27. The number of hydrogen-bond acceptors (Lipinski definition) is 1. The van der Waals surface area contributed by atoms with Crippen molar-refractivity contribution in [2.75, 3.05) is 7.05 Å². The van der Waals surface area contributed by atoms with Crippen LogP contribution >= 0.6 is 0 Å². The van der Waals surface area contributed by atoms with Crippen molar-refractivity contribution < 1.29 is 4.21 Å². The Kier molecular flexibility index (Phi) is 3.58. The summed E-state index contributed by atoms with van der Waals surface area (Å²) >= 11 is 0. The summed E-state index contributed by atoms with van der Waals surface area (Å²) in [5, 5.41) is 0. The first-order valence-corrected chi connectivity index (χ1v) is 6.46. The first kappa shape index (κ1) is 11.9. The molecule has 0 fully saturated rings. The van der Waals surface area contributed by atoms with Crippen molar-refractivity contribution in [1.82, 2.24) is 4.31 Å². The van der Waals surface area contributed by atoms with Crippen molar-refractivity contribution in [1.29, 1.82) is 0 Å². The highest BCUT2D eigenvalue weighted by Crippen LogP contribution is 2.14. The van der Waals surface area contributed by atoms with Gasteiger partial charge in [-0.2, -0.15) is 0 Å². The molecule has 0 amide bonds.